The highest BCUT2D eigenvalue weighted by Crippen LogP contribution is 2.37. The molecule has 0 spiro atoms. The molecule has 3 rings (SSSR count). The monoisotopic (exact) mass is 405 g/mol. The van der Waals surface area contributed by atoms with Gasteiger partial charge in [0.1, 0.15) is 12.1 Å². The molecule has 152 valence electrons. The summed E-state index contributed by atoms with van der Waals surface area (Å²) in [6, 6.07) is 4.02. The molecule has 5 nitrogen and oxygen atoms in total. The minimum atomic E-state index is -4.70. The van der Waals surface area contributed by atoms with Gasteiger partial charge in [0.2, 0.25) is 5.95 Å². The number of fused-ring (bicyclic) bond motifs is 1. The van der Waals surface area contributed by atoms with Gasteiger partial charge in [0.05, 0.1) is 27.9 Å². The molecular formula is C20H19F4N5. The van der Waals surface area contributed by atoms with E-state index in [-0.39, 0.29) is 33.3 Å². The molecule has 0 aliphatic rings. The lowest BCUT2D eigenvalue weighted by Gasteiger charge is -2.20. The lowest BCUT2D eigenvalue weighted by molar-refractivity contribution is -0.148. The SMILES string of the molecule is CC(C)(C)Cn1cc([C@H](N)C(F)(F)F)c2nc(F)c(-c3ncccc3C#N)cc21. The molecule has 0 radical (unpaired) electrons. The lowest BCUT2D eigenvalue weighted by atomic mass is 9.97. The van der Waals surface area contributed by atoms with E-state index in [1.165, 1.54) is 30.6 Å². The van der Waals surface area contributed by atoms with Crippen molar-refractivity contribution in [3.05, 3.63) is 47.7 Å². The topological polar surface area (TPSA) is 80.5 Å². The first-order valence-corrected chi connectivity index (χ1v) is 8.79. The first-order valence-electron chi connectivity index (χ1n) is 8.79. The van der Waals surface area contributed by atoms with Gasteiger partial charge in [0, 0.05) is 24.5 Å². The van der Waals surface area contributed by atoms with Gasteiger partial charge in [0.15, 0.2) is 0 Å². The summed E-state index contributed by atoms with van der Waals surface area (Å²) in [6.45, 7) is 6.12. The number of hydrogen-bond acceptors (Lipinski definition) is 4. The Balaban J connectivity index is 2.31. The van der Waals surface area contributed by atoms with E-state index in [0.717, 1.165) is 0 Å². The van der Waals surface area contributed by atoms with E-state index in [1.807, 2.05) is 26.8 Å². The van der Waals surface area contributed by atoms with Gasteiger partial charge in [0.25, 0.3) is 0 Å². The van der Waals surface area contributed by atoms with Crippen LogP contribution in [0, 0.1) is 22.7 Å². The third kappa shape index (κ3) is 4.07. The van der Waals surface area contributed by atoms with E-state index < -0.39 is 18.2 Å². The van der Waals surface area contributed by atoms with Gasteiger partial charge in [-0.1, -0.05) is 20.8 Å². The van der Waals surface area contributed by atoms with Gasteiger partial charge >= 0.3 is 6.18 Å². The van der Waals surface area contributed by atoms with Crippen molar-refractivity contribution in [2.75, 3.05) is 0 Å². The average molecular weight is 405 g/mol. The largest absolute Gasteiger partial charge is 0.407 e. The number of alkyl halides is 3. The molecule has 29 heavy (non-hydrogen) atoms. The summed E-state index contributed by atoms with van der Waals surface area (Å²) in [5, 5.41) is 9.28. The first-order chi connectivity index (χ1) is 13.4. The number of nitrogens with two attached hydrogens (primary N) is 1. The predicted molar refractivity (Wildman–Crippen MR) is 100 cm³/mol. The lowest BCUT2D eigenvalue weighted by Crippen LogP contribution is -2.28. The maximum atomic E-state index is 14.8. The first kappa shape index (κ1) is 20.7. The van der Waals surface area contributed by atoms with Gasteiger partial charge < -0.3 is 10.3 Å². The van der Waals surface area contributed by atoms with E-state index in [9.17, 15) is 22.8 Å². The zero-order valence-electron chi connectivity index (χ0n) is 16.0. The Bertz CT molecular complexity index is 1100. The fourth-order valence-electron chi connectivity index (χ4n) is 3.13. The van der Waals surface area contributed by atoms with Crippen LogP contribution in [0.1, 0.15) is 37.9 Å². The Labute approximate surface area is 164 Å². The van der Waals surface area contributed by atoms with E-state index in [0.29, 0.717) is 12.1 Å². The molecule has 0 saturated carbocycles. The van der Waals surface area contributed by atoms with Crippen LogP contribution in [0.5, 0.6) is 0 Å². The summed E-state index contributed by atoms with van der Waals surface area (Å²) in [5.74, 6) is -1.02. The molecule has 3 aromatic heterocycles. The van der Waals surface area contributed by atoms with Crippen molar-refractivity contribution in [3.8, 4) is 17.3 Å². The molecule has 0 saturated heterocycles. The van der Waals surface area contributed by atoms with E-state index >= 15 is 0 Å². The van der Waals surface area contributed by atoms with Crippen molar-refractivity contribution in [1.82, 2.24) is 14.5 Å². The minimum Gasteiger partial charge on any atom is -0.345 e. The van der Waals surface area contributed by atoms with Crippen LogP contribution in [0.4, 0.5) is 17.6 Å². The second kappa shape index (κ2) is 7.12. The summed E-state index contributed by atoms with van der Waals surface area (Å²) >= 11 is 0. The van der Waals surface area contributed by atoms with Crippen LogP contribution < -0.4 is 5.73 Å². The van der Waals surface area contributed by atoms with Gasteiger partial charge in [-0.05, 0) is 23.6 Å². The summed E-state index contributed by atoms with van der Waals surface area (Å²) in [4.78, 5) is 7.85. The highest BCUT2D eigenvalue weighted by molar-refractivity contribution is 5.85. The molecule has 0 aliphatic heterocycles. The highest BCUT2D eigenvalue weighted by atomic mass is 19.4. The Morgan fingerprint density at radius 1 is 1.28 bits per heavy atom. The third-order valence-corrected chi connectivity index (χ3v) is 4.35. The molecule has 0 amide bonds. The van der Waals surface area contributed by atoms with Crippen molar-refractivity contribution in [2.45, 2.75) is 39.5 Å². The van der Waals surface area contributed by atoms with Gasteiger partial charge in [-0.2, -0.15) is 22.8 Å². The molecule has 0 bridgehead atoms. The van der Waals surface area contributed by atoms with Crippen molar-refractivity contribution in [3.63, 3.8) is 0 Å². The maximum absolute atomic E-state index is 14.8. The van der Waals surface area contributed by atoms with Crippen LogP contribution >= 0.6 is 0 Å². The number of pyridine rings is 2. The van der Waals surface area contributed by atoms with Crippen LogP contribution in [0.15, 0.2) is 30.6 Å². The molecule has 0 aliphatic carbocycles. The van der Waals surface area contributed by atoms with Crippen LogP contribution in [0.2, 0.25) is 0 Å². The number of aromatic nitrogens is 3. The maximum Gasteiger partial charge on any atom is 0.407 e. The zero-order chi connectivity index (χ0) is 21.6. The molecule has 0 unspecified atom stereocenters. The zero-order valence-corrected chi connectivity index (χ0v) is 16.0. The second-order valence-electron chi connectivity index (χ2n) is 8.00. The van der Waals surface area contributed by atoms with Crippen molar-refractivity contribution in [1.29, 1.82) is 5.26 Å². The standard InChI is InChI=1S/C20H19F4N5/c1-19(2,3)10-29-9-13(17(26)20(22,23)24)16-14(29)7-12(18(21)28-16)15-11(8-25)5-4-6-27-15/h4-7,9,17H,10,26H2,1-3H3/t17-/m0/s1. The normalized spacial score (nSPS) is 13.5. The smallest absolute Gasteiger partial charge is 0.345 e. The number of nitrogens with zero attached hydrogens (tertiary/aromatic N) is 4. The molecule has 3 aromatic rings. The number of halogens is 4. The minimum absolute atomic E-state index is 0.0601. The summed E-state index contributed by atoms with van der Waals surface area (Å²) in [5.41, 5.74) is 5.11. The van der Waals surface area contributed by atoms with Gasteiger partial charge in [-0.25, -0.2) is 4.98 Å². The molecule has 9 heteroatoms. The number of rotatable bonds is 3. The highest BCUT2D eigenvalue weighted by Gasteiger charge is 2.40. The fraction of sp³-hybridized carbons (Fsp3) is 0.350. The fourth-order valence-corrected chi connectivity index (χ4v) is 3.13. The van der Waals surface area contributed by atoms with Gasteiger partial charge in [-0.15, -0.1) is 0 Å². The summed E-state index contributed by atoms with van der Waals surface area (Å²) < 4.78 is 56.2. The molecule has 2 N–H and O–H groups in total. The van der Waals surface area contributed by atoms with Crippen molar-refractivity contribution < 1.29 is 17.6 Å². The number of nitriles is 1. The van der Waals surface area contributed by atoms with E-state index in [2.05, 4.69) is 9.97 Å². The third-order valence-electron chi connectivity index (χ3n) is 4.35. The molecular weight excluding hydrogens is 386 g/mol. The van der Waals surface area contributed by atoms with E-state index in [1.54, 1.807) is 4.57 Å². The van der Waals surface area contributed by atoms with E-state index in [4.69, 9.17) is 5.73 Å². The Morgan fingerprint density at radius 2 is 1.97 bits per heavy atom. The number of hydrogen-bond donors (Lipinski definition) is 1. The Kier molecular flexibility index (Phi) is 5.09. The average Bonchev–Trinajstić information content (AvgIpc) is 2.95. The van der Waals surface area contributed by atoms with Crippen LogP contribution in [0.25, 0.3) is 22.3 Å². The van der Waals surface area contributed by atoms with Crippen LogP contribution in [-0.4, -0.2) is 20.7 Å². The molecule has 0 fully saturated rings. The Hall–Kier alpha value is -2.99. The summed E-state index contributed by atoms with van der Waals surface area (Å²) in [6.07, 6.45) is -2.03. The predicted octanol–water partition coefficient (Wildman–Crippen LogP) is 4.72. The van der Waals surface area contributed by atoms with Crippen molar-refractivity contribution >= 4 is 11.0 Å². The molecule has 0 aromatic carbocycles. The Morgan fingerprint density at radius 3 is 2.55 bits per heavy atom. The molecule has 3 heterocycles. The quantitative estimate of drug-likeness (QED) is 0.505. The molecule has 1 atom stereocenters. The van der Waals surface area contributed by atoms with Crippen LogP contribution in [-0.2, 0) is 6.54 Å². The summed E-state index contributed by atoms with van der Waals surface area (Å²) in [7, 11) is 0. The van der Waals surface area contributed by atoms with Crippen LogP contribution in [0.3, 0.4) is 0 Å². The van der Waals surface area contributed by atoms with Crippen molar-refractivity contribution in [2.24, 2.45) is 11.1 Å². The van der Waals surface area contributed by atoms with Gasteiger partial charge in [-0.3, -0.25) is 4.98 Å². The second-order valence-corrected chi connectivity index (χ2v) is 8.00.